The molecule has 0 spiro atoms. The molecule has 0 saturated heterocycles. The first-order valence-corrected chi connectivity index (χ1v) is 6.75. The monoisotopic (exact) mass is 284 g/mol. The summed E-state index contributed by atoms with van der Waals surface area (Å²) in [5.41, 5.74) is 7.06. The van der Waals surface area contributed by atoms with Crippen molar-refractivity contribution in [3.05, 3.63) is 29.3 Å². The van der Waals surface area contributed by atoms with Crippen molar-refractivity contribution in [3.63, 3.8) is 0 Å². The van der Waals surface area contributed by atoms with Crippen LogP contribution in [0.3, 0.4) is 0 Å². The van der Waals surface area contributed by atoms with E-state index in [9.17, 15) is 13.2 Å². The smallest absolute Gasteiger partial charge is 0.314 e. The van der Waals surface area contributed by atoms with E-state index < -0.39 is 21.0 Å². The first-order valence-electron chi connectivity index (χ1n) is 5.21. The van der Waals surface area contributed by atoms with Crippen LogP contribution < -0.4 is 10.9 Å². The summed E-state index contributed by atoms with van der Waals surface area (Å²) in [6.07, 6.45) is 0. The number of nitrogen functional groups attached to an aromatic ring is 1. The van der Waals surface area contributed by atoms with E-state index in [0.29, 0.717) is 17.1 Å². The Morgan fingerprint density at radius 1 is 1.37 bits per heavy atom. The number of carbonyl (C=O) groups excluding carboxylic acids is 1. The molecular formula is C10H12N4O4S. The van der Waals surface area contributed by atoms with Crippen LogP contribution in [0.1, 0.15) is 21.9 Å². The highest BCUT2D eigenvalue weighted by molar-refractivity contribution is 7.89. The fourth-order valence-corrected chi connectivity index (χ4v) is 2.01. The third-order valence-electron chi connectivity index (χ3n) is 2.61. The number of nitrogens with two attached hydrogens (primary N) is 2. The van der Waals surface area contributed by atoms with Gasteiger partial charge in [-0.05, 0) is 26.0 Å². The average molecular weight is 284 g/mol. The van der Waals surface area contributed by atoms with Gasteiger partial charge in [0.1, 0.15) is 0 Å². The molecule has 4 N–H and O–H groups in total. The second kappa shape index (κ2) is 4.21. The van der Waals surface area contributed by atoms with Crippen molar-refractivity contribution in [1.29, 1.82) is 0 Å². The van der Waals surface area contributed by atoms with Crippen LogP contribution in [0, 0.1) is 13.8 Å². The van der Waals surface area contributed by atoms with Crippen LogP contribution >= 0.6 is 0 Å². The van der Waals surface area contributed by atoms with E-state index >= 15 is 0 Å². The van der Waals surface area contributed by atoms with Crippen LogP contribution in [0.4, 0.5) is 5.69 Å². The van der Waals surface area contributed by atoms with Gasteiger partial charge in [-0.3, -0.25) is 4.79 Å². The molecule has 2 rings (SSSR count). The molecule has 8 nitrogen and oxygen atoms in total. The zero-order valence-corrected chi connectivity index (χ0v) is 11.1. The SMILES string of the molecule is Cc1nn(C(=O)c2ccc(S(N)(=O)=O)o2)c(C)c1N. The largest absolute Gasteiger partial charge is 0.438 e. The van der Waals surface area contributed by atoms with E-state index in [-0.39, 0.29) is 5.76 Å². The van der Waals surface area contributed by atoms with Crippen molar-refractivity contribution in [3.8, 4) is 0 Å². The minimum Gasteiger partial charge on any atom is -0.438 e. The number of aryl methyl sites for hydroxylation is 1. The number of hydrogen-bond donors (Lipinski definition) is 2. The first-order chi connectivity index (χ1) is 8.71. The second-order valence-electron chi connectivity index (χ2n) is 3.97. The van der Waals surface area contributed by atoms with Crippen molar-refractivity contribution < 1.29 is 17.6 Å². The number of furan rings is 1. The minimum absolute atomic E-state index is 0.186. The maximum Gasteiger partial charge on any atom is 0.314 e. The summed E-state index contributed by atoms with van der Waals surface area (Å²) in [5, 5.41) is 8.37. The maximum atomic E-state index is 12.1. The Kier molecular flexibility index (Phi) is 2.95. The molecule has 102 valence electrons. The lowest BCUT2D eigenvalue weighted by Crippen LogP contribution is -2.15. The predicted octanol–water partition coefficient (Wildman–Crippen LogP) is 0.0110. The third-order valence-corrected chi connectivity index (χ3v) is 3.39. The molecule has 2 aromatic rings. The first kappa shape index (κ1) is 13.3. The summed E-state index contributed by atoms with van der Waals surface area (Å²) in [4.78, 5) is 12.1. The van der Waals surface area contributed by atoms with Gasteiger partial charge in [-0.25, -0.2) is 13.6 Å². The number of primary sulfonamides is 1. The molecule has 0 atom stereocenters. The van der Waals surface area contributed by atoms with Gasteiger partial charge < -0.3 is 10.2 Å². The Morgan fingerprint density at radius 2 is 2.00 bits per heavy atom. The summed E-state index contributed by atoms with van der Waals surface area (Å²) < 4.78 is 28.1. The molecular weight excluding hydrogens is 272 g/mol. The van der Waals surface area contributed by atoms with E-state index in [0.717, 1.165) is 10.7 Å². The molecule has 0 amide bonds. The van der Waals surface area contributed by atoms with Crippen molar-refractivity contribution in [2.24, 2.45) is 5.14 Å². The van der Waals surface area contributed by atoms with Gasteiger partial charge in [-0.2, -0.15) is 9.78 Å². The molecule has 9 heteroatoms. The van der Waals surface area contributed by atoms with Gasteiger partial charge in [-0.1, -0.05) is 0 Å². The van der Waals surface area contributed by atoms with Crippen molar-refractivity contribution in [2.75, 3.05) is 5.73 Å². The summed E-state index contributed by atoms with van der Waals surface area (Å²) in [5.74, 6) is -0.804. The summed E-state index contributed by atoms with van der Waals surface area (Å²) >= 11 is 0. The van der Waals surface area contributed by atoms with E-state index in [2.05, 4.69) is 5.10 Å². The summed E-state index contributed by atoms with van der Waals surface area (Å²) in [7, 11) is -3.98. The number of anilines is 1. The Bertz CT molecular complexity index is 757. The zero-order valence-electron chi connectivity index (χ0n) is 10.2. The quantitative estimate of drug-likeness (QED) is 0.797. The molecule has 0 radical (unpaired) electrons. The average Bonchev–Trinajstić information content (AvgIpc) is 2.89. The predicted molar refractivity (Wildman–Crippen MR) is 65.9 cm³/mol. The van der Waals surface area contributed by atoms with E-state index in [1.165, 1.54) is 6.07 Å². The molecule has 0 unspecified atom stereocenters. The molecule has 2 aromatic heterocycles. The fourth-order valence-electron chi connectivity index (χ4n) is 1.54. The molecule has 0 fully saturated rings. The Balaban J connectivity index is 2.45. The van der Waals surface area contributed by atoms with E-state index in [1.54, 1.807) is 13.8 Å². The number of carbonyl (C=O) groups is 1. The van der Waals surface area contributed by atoms with Gasteiger partial charge >= 0.3 is 5.91 Å². The Hall–Kier alpha value is -2.13. The molecule has 2 heterocycles. The van der Waals surface area contributed by atoms with Gasteiger partial charge in [0.15, 0.2) is 5.76 Å². The molecule has 19 heavy (non-hydrogen) atoms. The highest BCUT2D eigenvalue weighted by Gasteiger charge is 2.21. The van der Waals surface area contributed by atoms with Gasteiger partial charge in [0.05, 0.1) is 17.1 Å². The standard InChI is InChI=1S/C10H12N4O4S/c1-5-9(11)6(2)14(13-5)10(15)7-3-4-8(18-7)19(12,16)17/h3-4H,11H2,1-2H3,(H2,12,16,17). The van der Waals surface area contributed by atoms with E-state index in [1.807, 2.05) is 0 Å². The van der Waals surface area contributed by atoms with Crippen LogP contribution in [0.5, 0.6) is 0 Å². The number of hydrogen-bond acceptors (Lipinski definition) is 6. The van der Waals surface area contributed by atoms with Crippen molar-refractivity contribution >= 4 is 21.6 Å². The van der Waals surface area contributed by atoms with Crippen LogP contribution in [-0.2, 0) is 10.0 Å². The molecule has 0 bridgehead atoms. The second-order valence-corrected chi connectivity index (χ2v) is 5.46. The Morgan fingerprint density at radius 3 is 2.42 bits per heavy atom. The lowest BCUT2D eigenvalue weighted by atomic mass is 10.3. The summed E-state index contributed by atoms with van der Waals surface area (Å²) in [6, 6.07) is 2.33. The Labute approximate surface area is 109 Å². The van der Waals surface area contributed by atoms with Gasteiger partial charge in [-0.15, -0.1) is 0 Å². The number of rotatable bonds is 2. The van der Waals surface area contributed by atoms with Gasteiger partial charge in [0.25, 0.3) is 10.0 Å². The highest BCUT2D eigenvalue weighted by Crippen LogP contribution is 2.18. The summed E-state index contributed by atoms with van der Waals surface area (Å²) in [6.45, 7) is 3.28. The van der Waals surface area contributed by atoms with Gasteiger partial charge in [0, 0.05) is 0 Å². The third kappa shape index (κ3) is 2.25. The normalized spacial score (nSPS) is 11.7. The van der Waals surface area contributed by atoms with Crippen LogP contribution in [0.15, 0.2) is 21.6 Å². The van der Waals surface area contributed by atoms with Gasteiger partial charge in [0.2, 0.25) is 5.09 Å². The fraction of sp³-hybridized carbons (Fsp3) is 0.200. The minimum atomic E-state index is -3.98. The van der Waals surface area contributed by atoms with Crippen LogP contribution in [0.2, 0.25) is 0 Å². The zero-order chi connectivity index (χ0) is 14.4. The van der Waals surface area contributed by atoms with Crippen LogP contribution in [0.25, 0.3) is 0 Å². The molecule has 0 aliphatic heterocycles. The number of sulfonamides is 1. The van der Waals surface area contributed by atoms with Crippen LogP contribution in [-0.4, -0.2) is 24.1 Å². The van der Waals surface area contributed by atoms with Crippen molar-refractivity contribution in [2.45, 2.75) is 18.9 Å². The molecule has 0 aromatic carbocycles. The molecule has 0 aliphatic rings. The lowest BCUT2D eigenvalue weighted by Gasteiger charge is -2.00. The molecule has 0 saturated carbocycles. The topological polar surface area (TPSA) is 134 Å². The molecule has 0 aliphatic carbocycles. The maximum absolute atomic E-state index is 12.1. The van der Waals surface area contributed by atoms with Crippen molar-refractivity contribution in [1.82, 2.24) is 9.78 Å². The van der Waals surface area contributed by atoms with E-state index in [4.69, 9.17) is 15.3 Å². The number of nitrogens with zero attached hydrogens (tertiary/aromatic N) is 2. The lowest BCUT2D eigenvalue weighted by molar-refractivity contribution is 0.0909. The number of aromatic nitrogens is 2. The highest BCUT2D eigenvalue weighted by atomic mass is 32.2.